The van der Waals surface area contributed by atoms with Gasteiger partial charge in [0.2, 0.25) is 5.88 Å². The number of nitrogens with one attached hydrogen (secondary N) is 2. The molecule has 0 amide bonds. The average molecular weight is 494 g/mol. The number of aromatic amines is 2. The standard InChI is InChI=1S/C23H13Cl2N5O4/c24-17-8-15(30-23(33)27-20(32)11-26-30)9-18(25)21(17)34-22-16(10-19(31)28-29-22)14-6-5-12-3-1-2-4-13(12)7-14/h1-11H,(H,28,31)(H,27,32,33). The summed E-state index contributed by atoms with van der Waals surface area (Å²) in [6, 6.07) is 17.7. The largest absolute Gasteiger partial charge is 0.434 e. The summed E-state index contributed by atoms with van der Waals surface area (Å²) in [7, 11) is 0. The highest BCUT2D eigenvalue weighted by Crippen LogP contribution is 2.40. The van der Waals surface area contributed by atoms with Crippen molar-refractivity contribution in [3.63, 3.8) is 0 Å². The summed E-state index contributed by atoms with van der Waals surface area (Å²) in [4.78, 5) is 37.5. The molecule has 0 bridgehead atoms. The number of H-pyrrole nitrogens is 2. The zero-order chi connectivity index (χ0) is 23.8. The Bertz CT molecular complexity index is 1720. The molecule has 0 fully saturated rings. The van der Waals surface area contributed by atoms with Crippen molar-refractivity contribution in [2.24, 2.45) is 0 Å². The lowest BCUT2D eigenvalue weighted by Gasteiger charge is -2.14. The molecule has 9 nitrogen and oxygen atoms in total. The molecule has 2 heterocycles. The molecule has 0 aliphatic rings. The van der Waals surface area contributed by atoms with E-state index in [1.165, 1.54) is 18.2 Å². The van der Waals surface area contributed by atoms with Gasteiger partial charge in [-0.3, -0.25) is 14.6 Å². The lowest BCUT2D eigenvalue weighted by molar-refractivity contribution is 0.456. The van der Waals surface area contributed by atoms with Crippen LogP contribution in [0.25, 0.3) is 27.6 Å². The molecule has 34 heavy (non-hydrogen) atoms. The van der Waals surface area contributed by atoms with E-state index in [0.29, 0.717) is 11.1 Å². The predicted molar refractivity (Wildman–Crippen MR) is 128 cm³/mol. The Morgan fingerprint density at radius 2 is 1.59 bits per heavy atom. The zero-order valence-electron chi connectivity index (χ0n) is 17.1. The maximum atomic E-state index is 12.0. The van der Waals surface area contributed by atoms with Gasteiger partial charge in [0.1, 0.15) is 6.20 Å². The van der Waals surface area contributed by atoms with Gasteiger partial charge < -0.3 is 4.74 Å². The Morgan fingerprint density at radius 3 is 2.32 bits per heavy atom. The van der Waals surface area contributed by atoms with E-state index in [0.717, 1.165) is 21.7 Å². The number of nitrogens with zero attached hydrogens (tertiary/aromatic N) is 3. The van der Waals surface area contributed by atoms with E-state index in [4.69, 9.17) is 27.9 Å². The summed E-state index contributed by atoms with van der Waals surface area (Å²) < 4.78 is 6.85. The van der Waals surface area contributed by atoms with Crippen molar-refractivity contribution in [1.29, 1.82) is 0 Å². The SMILES string of the molecule is O=c1cc(-c2ccc3ccccc3c2)c(Oc2c(Cl)cc(-n3ncc(=O)[nH]c3=O)cc2Cl)n[nH]1. The fourth-order valence-corrected chi connectivity index (χ4v) is 3.99. The molecule has 2 N–H and O–H groups in total. The molecule has 2 aromatic heterocycles. The first-order chi connectivity index (χ1) is 16.4. The highest BCUT2D eigenvalue weighted by Gasteiger charge is 2.17. The third kappa shape index (κ3) is 4.09. The smallest absolute Gasteiger partial charge is 0.349 e. The van der Waals surface area contributed by atoms with Crippen LogP contribution in [0.2, 0.25) is 10.0 Å². The van der Waals surface area contributed by atoms with E-state index < -0.39 is 16.8 Å². The minimum atomic E-state index is -0.755. The van der Waals surface area contributed by atoms with Crippen LogP contribution in [0.5, 0.6) is 11.6 Å². The second-order valence-electron chi connectivity index (χ2n) is 7.20. The monoisotopic (exact) mass is 493 g/mol. The van der Waals surface area contributed by atoms with Gasteiger partial charge in [0, 0.05) is 6.07 Å². The molecule has 168 valence electrons. The maximum absolute atomic E-state index is 12.0. The second-order valence-corrected chi connectivity index (χ2v) is 8.02. The molecule has 0 radical (unpaired) electrons. The van der Waals surface area contributed by atoms with Crippen LogP contribution < -0.4 is 21.5 Å². The number of halogens is 2. The summed E-state index contributed by atoms with van der Waals surface area (Å²) in [5.41, 5.74) is -0.443. The number of hydrogen-bond donors (Lipinski definition) is 2. The van der Waals surface area contributed by atoms with Crippen molar-refractivity contribution < 1.29 is 4.74 Å². The number of benzene rings is 3. The molecule has 5 rings (SSSR count). The van der Waals surface area contributed by atoms with Crippen molar-refractivity contribution >= 4 is 34.0 Å². The summed E-state index contributed by atoms with van der Waals surface area (Å²) in [6.07, 6.45) is 0.952. The van der Waals surface area contributed by atoms with Crippen molar-refractivity contribution in [2.75, 3.05) is 0 Å². The first kappa shape index (κ1) is 21.6. The summed E-state index contributed by atoms with van der Waals surface area (Å²) >= 11 is 12.8. The van der Waals surface area contributed by atoms with Crippen LogP contribution in [0.15, 0.2) is 81.2 Å². The topological polar surface area (TPSA) is 123 Å². The minimum absolute atomic E-state index is 0.0554. The van der Waals surface area contributed by atoms with Crippen molar-refractivity contribution in [3.8, 4) is 28.4 Å². The highest BCUT2D eigenvalue weighted by atomic mass is 35.5. The molecule has 0 saturated carbocycles. The van der Waals surface area contributed by atoms with Gasteiger partial charge in [-0.2, -0.15) is 9.78 Å². The van der Waals surface area contributed by atoms with Gasteiger partial charge in [-0.1, -0.05) is 59.6 Å². The number of ether oxygens (including phenoxy) is 1. The Hall–Kier alpha value is -4.21. The van der Waals surface area contributed by atoms with Gasteiger partial charge >= 0.3 is 5.69 Å². The molecular formula is C23H13Cl2N5O4. The molecular weight excluding hydrogens is 481 g/mol. The first-order valence-corrected chi connectivity index (χ1v) is 10.6. The molecule has 11 heteroatoms. The Balaban J connectivity index is 1.58. The number of aromatic nitrogens is 5. The fraction of sp³-hybridized carbons (Fsp3) is 0. The van der Waals surface area contributed by atoms with Crippen molar-refractivity contribution in [2.45, 2.75) is 0 Å². The van der Waals surface area contributed by atoms with Crippen molar-refractivity contribution in [3.05, 3.63) is 108 Å². The van der Waals surface area contributed by atoms with Gasteiger partial charge in [-0.25, -0.2) is 9.89 Å². The van der Waals surface area contributed by atoms with Gasteiger partial charge in [-0.05, 0) is 34.5 Å². The van der Waals surface area contributed by atoms with Gasteiger partial charge in [-0.15, -0.1) is 5.10 Å². The van der Waals surface area contributed by atoms with Crippen LogP contribution in [-0.4, -0.2) is 25.0 Å². The third-order valence-corrected chi connectivity index (χ3v) is 5.53. The molecule has 0 atom stereocenters. The molecule has 3 aromatic carbocycles. The van der Waals surface area contributed by atoms with E-state index in [-0.39, 0.29) is 27.4 Å². The molecule has 0 aliphatic carbocycles. The Morgan fingerprint density at radius 1 is 0.853 bits per heavy atom. The molecule has 0 saturated heterocycles. The van der Waals surface area contributed by atoms with Gasteiger partial charge in [0.15, 0.2) is 5.75 Å². The fourth-order valence-electron chi connectivity index (χ4n) is 3.43. The highest BCUT2D eigenvalue weighted by molar-refractivity contribution is 6.37. The zero-order valence-corrected chi connectivity index (χ0v) is 18.6. The summed E-state index contributed by atoms with van der Waals surface area (Å²) in [5.74, 6) is 0.136. The van der Waals surface area contributed by atoms with Crippen LogP contribution in [-0.2, 0) is 0 Å². The number of rotatable bonds is 4. The van der Waals surface area contributed by atoms with Crippen LogP contribution in [0.4, 0.5) is 0 Å². The average Bonchev–Trinajstić information content (AvgIpc) is 2.81. The summed E-state index contributed by atoms with van der Waals surface area (Å²) in [5, 5.41) is 12.3. The van der Waals surface area contributed by atoms with Crippen LogP contribution in [0.1, 0.15) is 0 Å². The van der Waals surface area contributed by atoms with Crippen LogP contribution >= 0.6 is 23.2 Å². The third-order valence-electron chi connectivity index (χ3n) is 4.97. The van der Waals surface area contributed by atoms with E-state index >= 15 is 0 Å². The molecule has 0 unspecified atom stereocenters. The lowest BCUT2D eigenvalue weighted by Crippen LogP contribution is -2.30. The molecule has 0 aliphatic heterocycles. The lowest BCUT2D eigenvalue weighted by atomic mass is 10.0. The van der Waals surface area contributed by atoms with Gasteiger partial charge in [0.05, 0.1) is 21.3 Å². The minimum Gasteiger partial charge on any atom is -0.434 e. The van der Waals surface area contributed by atoms with E-state index in [1.807, 2.05) is 42.5 Å². The quantitative estimate of drug-likeness (QED) is 0.391. The maximum Gasteiger partial charge on any atom is 0.349 e. The van der Waals surface area contributed by atoms with Crippen LogP contribution in [0.3, 0.4) is 0 Å². The van der Waals surface area contributed by atoms with E-state index in [1.54, 1.807) is 0 Å². The Kier molecular flexibility index (Phi) is 5.48. The van der Waals surface area contributed by atoms with E-state index in [9.17, 15) is 14.4 Å². The normalized spacial score (nSPS) is 11.0. The molecule has 5 aromatic rings. The van der Waals surface area contributed by atoms with Crippen molar-refractivity contribution in [1.82, 2.24) is 25.0 Å². The molecule has 0 spiro atoms. The predicted octanol–water partition coefficient (Wildman–Crippen LogP) is 3.92. The van der Waals surface area contributed by atoms with Gasteiger partial charge in [0.25, 0.3) is 11.1 Å². The van der Waals surface area contributed by atoms with E-state index in [2.05, 4.69) is 20.3 Å². The van der Waals surface area contributed by atoms with Crippen LogP contribution in [0, 0.1) is 0 Å². The Labute approximate surface area is 200 Å². The first-order valence-electron chi connectivity index (χ1n) is 9.84. The number of hydrogen-bond acceptors (Lipinski definition) is 6. The second kappa shape index (κ2) is 8.62. The number of fused-ring (bicyclic) bond motifs is 1. The summed E-state index contributed by atoms with van der Waals surface area (Å²) in [6.45, 7) is 0.